The molecule has 1 amide bonds. The van der Waals surface area contributed by atoms with Crippen LogP contribution in [0.2, 0.25) is 0 Å². The fourth-order valence-electron chi connectivity index (χ4n) is 4.65. The molecular formula is C23H24N4O2S. The SMILES string of the molecule is O=C(Cc1cccs1)N1C[C@@H]2C[C@H](C1)c1ccc(NCc3ccccn3)c(=O)n1C2. The summed E-state index contributed by atoms with van der Waals surface area (Å²) in [6.07, 6.45) is 3.27. The summed E-state index contributed by atoms with van der Waals surface area (Å²) in [4.78, 5) is 33.3. The zero-order valence-corrected chi connectivity index (χ0v) is 17.5. The van der Waals surface area contributed by atoms with Crippen molar-refractivity contribution >= 4 is 22.9 Å². The number of likely N-dealkylation sites (tertiary alicyclic amines) is 1. The number of pyridine rings is 2. The van der Waals surface area contributed by atoms with E-state index in [1.165, 1.54) is 0 Å². The monoisotopic (exact) mass is 420 g/mol. The van der Waals surface area contributed by atoms with Crippen LogP contribution in [0.1, 0.15) is 28.6 Å². The van der Waals surface area contributed by atoms with Gasteiger partial charge >= 0.3 is 0 Å². The number of hydrogen-bond donors (Lipinski definition) is 1. The molecule has 0 unspecified atom stereocenters. The Labute approximate surface area is 179 Å². The van der Waals surface area contributed by atoms with Crippen LogP contribution >= 0.6 is 11.3 Å². The largest absolute Gasteiger partial charge is 0.375 e. The third-order valence-electron chi connectivity index (χ3n) is 6.05. The van der Waals surface area contributed by atoms with E-state index in [9.17, 15) is 9.59 Å². The molecule has 7 heteroatoms. The summed E-state index contributed by atoms with van der Waals surface area (Å²) in [6.45, 7) is 2.62. The Hall–Kier alpha value is -2.93. The average molecular weight is 421 g/mol. The number of carbonyl (C=O) groups is 1. The smallest absolute Gasteiger partial charge is 0.274 e. The van der Waals surface area contributed by atoms with Crippen molar-refractivity contribution in [3.05, 3.63) is 80.7 Å². The minimum absolute atomic E-state index is 0.0245. The Kier molecular flexibility index (Phi) is 5.12. The van der Waals surface area contributed by atoms with E-state index in [1.54, 1.807) is 17.5 Å². The lowest BCUT2D eigenvalue weighted by atomic mass is 9.83. The van der Waals surface area contributed by atoms with Crippen LogP contribution in [-0.2, 0) is 24.3 Å². The Morgan fingerprint density at radius 1 is 1.13 bits per heavy atom. The van der Waals surface area contributed by atoms with Gasteiger partial charge in [0.05, 0.1) is 18.7 Å². The van der Waals surface area contributed by atoms with Gasteiger partial charge in [0.1, 0.15) is 5.69 Å². The number of nitrogens with zero attached hydrogens (tertiary/aromatic N) is 3. The number of amides is 1. The summed E-state index contributed by atoms with van der Waals surface area (Å²) < 4.78 is 1.92. The number of aromatic nitrogens is 2. The van der Waals surface area contributed by atoms with Crippen molar-refractivity contribution in [2.45, 2.75) is 31.8 Å². The van der Waals surface area contributed by atoms with E-state index in [0.717, 1.165) is 29.2 Å². The highest BCUT2D eigenvalue weighted by atomic mass is 32.1. The highest BCUT2D eigenvalue weighted by Gasteiger charge is 2.36. The summed E-state index contributed by atoms with van der Waals surface area (Å²) in [5.74, 6) is 0.742. The Bertz CT molecular complexity index is 1090. The van der Waals surface area contributed by atoms with Crippen molar-refractivity contribution < 1.29 is 4.79 Å². The number of piperidine rings is 1. The lowest BCUT2D eigenvalue weighted by molar-refractivity contribution is -0.133. The Morgan fingerprint density at radius 2 is 2.07 bits per heavy atom. The molecule has 5 rings (SSSR count). The Morgan fingerprint density at radius 3 is 2.87 bits per heavy atom. The second-order valence-electron chi connectivity index (χ2n) is 8.12. The first-order valence-corrected chi connectivity index (χ1v) is 11.2. The van der Waals surface area contributed by atoms with Crippen LogP contribution in [0.5, 0.6) is 0 Å². The first-order chi connectivity index (χ1) is 14.7. The number of anilines is 1. The third-order valence-corrected chi connectivity index (χ3v) is 6.93. The lowest BCUT2D eigenvalue weighted by Gasteiger charge is -2.43. The summed E-state index contributed by atoms with van der Waals surface area (Å²) >= 11 is 1.63. The van der Waals surface area contributed by atoms with Gasteiger partial charge in [-0.2, -0.15) is 0 Å². The molecule has 1 fully saturated rings. The molecule has 30 heavy (non-hydrogen) atoms. The Balaban J connectivity index is 1.32. The van der Waals surface area contributed by atoms with Crippen molar-refractivity contribution in [2.75, 3.05) is 18.4 Å². The van der Waals surface area contributed by atoms with Crippen LogP contribution in [0, 0.1) is 5.92 Å². The van der Waals surface area contributed by atoms with Crippen molar-refractivity contribution in [3.63, 3.8) is 0 Å². The summed E-state index contributed by atoms with van der Waals surface area (Å²) in [6, 6.07) is 13.7. The van der Waals surface area contributed by atoms with E-state index in [1.807, 2.05) is 51.2 Å². The molecule has 154 valence electrons. The van der Waals surface area contributed by atoms with Gasteiger partial charge in [-0.25, -0.2) is 0 Å². The van der Waals surface area contributed by atoms with Gasteiger partial charge in [-0.1, -0.05) is 12.1 Å². The van der Waals surface area contributed by atoms with E-state index >= 15 is 0 Å². The molecule has 5 heterocycles. The van der Waals surface area contributed by atoms with Gasteiger partial charge in [-0.05, 0) is 48.1 Å². The normalized spacial score (nSPS) is 19.9. The lowest BCUT2D eigenvalue weighted by Crippen LogP contribution is -2.49. The first kappa shape index (κ1) is 19.1. The molecule has 3 aromatic rings. The van der Waals surface area contributed by atoms with Crippen LogP contribution in [0.3, 0.4) is 0 Å². The standard InChI is InChI=1S/C23H24N4O2S/c28-22(11-19-5-3-9-30-19)26-13-16-10-17(15-26)21-7-6-20(23(29)27(21)14-16)25-12-18-4-1-2-8-24-18/h1-9,16-17,25H,10-15H2/t16-,17+/m0/s1. The number of carbonyl (C=O) groups excluding carboxylic acids is 1. The number of nitrogens with one attached hydrogen (secondary N) is 1. The van der Waals surface area contributed by atoms with Crippen LogP contribution in [0.25, 0.3) is 0 Å². The first-order valence-electron chi connectivity index (χ1n) is 10.3. The van der Waals surface area contributed by atoms with Gasteiger partial charge in [0.15, 0.2) is 0 Å². The van der Waals surface area contributed by atoms with Gasteiger partial charge < -0.3 is 14.8 Å². The van der Waals surface area contributed by atoms with Crippen LogP contribution in [-0.4, -0.2) is 33.4 Å². The number of fused-ring (bicyclic) bond motifs is 4. The van der Waals surface area contributed by atoms with E-state index in [4.69, 9.17) is 0 Å². The van der Waals surface area contributed by atoms with E-state index in [2.05, 4.69) is 16.4 Å². The minimum atomic E-state index is 0.0245. The molecule has 0 radical (unpaired) electrons. The maximum Gasteiger partial charge on any atom is 0.274 e. The highest BCUT2D eigenvalue weighted by Crippen LogP contribution is 2.35. The predicted octanol–water partition coefficient (Wildman–Crippen LogP) is 3.11. The van der Waals surface area contributed by atoms with Crippen molar-refractivity contribution in [1.82, 2.24) is 14.5 Å². The molecule has 6 nitrogen and oxygen atoms in total. The molecule has 0 saturated carbocycles. The van der Waals surface area contributed by atoms with Gasteiger partial charge in [0.2, 0.25) is 5.91 Å². The second kappa shape index (κ2) is 8.07. The van der Waals surface area contributed by atoms with Gasteiger partial charge in [-0.3, -0.25) is 14.6 Å². The highest BCUT2D eigenvalue weighted by molar-refractivity contribution is 7.10. The summed E-state index contributed by atoms with van der Waals surface area (Å²) in [5.41, 5.74) is 2.58. The average Bonchev–Trinajstić information content (AvgIpc) is 3.27. The predicted molar refractivity (Wildman–Crippen MR) is 118 cm³/mol. The molecule has 3 aromatic heterocycles. The molecule has 0 spiro atoms. The van der Waals surface area contributed by atoms with Gasteiger partial charge in [-0.15, -0.1) is 11.3 Å². The maximum atomic E-state index is 13.1. The number of hydrogen-bond acceptors (Lipinski definition) is 5. The zero-order chi connectivity index (χ0) is 20.5. The molecule has 0 aromatic carbocycles. The van der Waals surface area contributed by atoms with Gasteiger partial charge in [0.25, 0.3) is 5.56 Å². The summed E-state index contributed by atoms with van der Waals surface area (Å²) in [5, 5.41) is 5.25. The molecule has 2 aliphatic heterocycles. The van der Waals surface area contributed by atoms with Gasteiger partial charge in [0, 0.05) is 42.3 Å². The molecule has 0 aliphatic carbocycles. The minimum Gasteiger partial charge on any atom is -0.375 e. The maximum absolute atomic E-state index is 13.1. The van der Waals surface area contributed by atoms with Crippen LogP contribution < -0.4 is 10.9 Å². The molecule has 1 N–H and O–H groups in total. The van der Waals surface area contributed by atoms with Crippen LogP contribution in [0.4, 0.5) is 5.69 Å². The van der Waals surface area contributed by atoms with Crippen molar-refractivity contribution in [1.29, 1.82) is 0 Å². The molecular weight excluding hydrogens is 396 g/mol. The van der Waals surface area contributed by atoms with E-state index < -0.39 is 0 Å². The molecule has 2 atom stereocenters. The molecule has 1 saturated heterocycles. The zero-order valence-electron chi connectivity index (χ0n) is 16.7. The number of rotatable bonds is 5. The van der Waals surface area contributed by atoms with Crippen LogP contribution in [0.15, 0.2) is 58.8 Å². The summed E-state index contributed by atoms with van der Waals surface area (Å²) in [7, 11) is 0. The number of thiophene rings is 1. The topological polar surface area (TPSA) is 67.2 Å². The fourth-order valence-corrected chi connectivity index (χ4v) is 5.34. The second-order valence-corrected chi connectivity index (χ2v) is 9.15. The van der Waals surface area contributed by atoms with E-state index in [0.29, 0.717) is 37.7 Å². The van der Waals surface area contributed by atoms with Crippen molar-refractivity contribution in [3.8, 4) is 0 Å². The quantitative estimate of drug-likeness (QED) is 0.689. The van der Waals surface area contributed by atoms with E-state index in [-0.39, 0.29) is 17.4 Å². The molecule has 2 bridgehead atoms. The molecule has 2 aliphatic rings. The fraction of sp³-hybridized carbons (Fsp3) is 0.348. The third kappa shape index (κ3) is 3.77. The van der Waals surface area contributed by atoms with Crippen molar-refractivity contribution in [2.24, 2.45) is 5.92 Å².